The number of nitrogens with two attached hydrogens (primary N) is 1. The molecule has 0 aliphatic carbocycles. The Balaban J connectivity index is 1.77. The summed E-state index contributed by atoms with van der Waals surface area (Å²) < 4.78 is 5.09. The number of ether oxygens (including phenoxy) is 1. The summed E-state index contributed by atoms with van der Waals surface area (Å²) in [4.78, 5) is 4.45. The summed E-state index contributed by atoms with van der Waals surface area (Å²) in [5.74, 6) is 0.542. The lowest BCUT2D eigenvalue weighted by Gasteiger charge is -2.04. The van der Waals surface area contributed by atoms with Crippen molar-refractivity contribution < 1.29 is 9.84 Å². The number of anilines is 1. The van der Waals surface area contributed by atoms with Crippen LogP contribution in [0.3, 0.4) is 0 Å². The number of aliphatic imine (C=N–C) groups is 1. The Bertz CT molecular complexity index is 854. The van der Waals surface area contributed by atoms with E-state index in [9.17, 15) is 5.11 Å². The predicted molar refractivity (Wildman–Crippen MR) is 98.2 cm³/mol. The van der Waals surface area contributed by atoms with Gasteiger partial charge in [-0.25, -0.2) is 0 Å². The molecule has 0 aliphatic heterocycles. The summed E-state index contributed by atoms with van der Waals surface area (Å²) in [6, 6.07) is 20.8. The summed E-state index contributed by atoms with van der Waals surface area (Å²) in [5, 5.41) is 9.60. The van der Waals surface area contributed by atoms with Crippen molar-refractivity contribution >= 4 is 17.6 Å². The molecule has 3 N–H and O–H groups in total. The first kappa shape index (κ1) is 15.6. The Labute approximate surface area is 140 Å². The van der Waals surface area contributed by atoms with Gasteiger partial charge in [-0.05, 0) is 59.2 Å². The largest absolute Gasteiger partial charge is 0.504 e. The van der Waals surface area contributed by atoms with Crippen LogP contribution in [0.2, 0.25) is 0 Å². The van der Waals surface area contributed by atoms with Gasteiger partial charge in [-0.15, -0.1) is 0 Å². The maximum Gasteiger partial charge on any atom is 0.161 e. The molecule has 3 rings (SSSR count). The van der Waals surface area contributed by atoms with Gasteiger partial charge in [-0.3, -0.25) is 4.99 Å². The van der Waals surface area contributed by atoms with Gasteiger partial charge in [0.15, 0.2) is 11.5 Å². The lowest BCUT2D eigenvalue weighted by Crippen LogP contribution is -1.87. The number of phenols is 1. The van der Waals surface area contributed by atoms with Crippen LogP contribution in [-0.2, 0) is 0 Å². The van der Waals surface area contributed by atoms with Gasteiger partial charge in [-0.2, -0.15) is 0 Å². The van der Waals surface area contributed by atoms with Gasteiger partial charge >= 0.3 is 0 Å². The number of hydrogen-bond acceptors (Lipinski definition) is 4. The van der Waals surface area contributed by atoms with Crippen molar-refractivity contribution in [3.63, 3.8) is 0 Å². The van der Waals surface area contributed by atoms with E-state index in [0.717, 1.165) is 28.1 Å². The number of benzene rings is 3. The molecule has 4 nitrogen and oxygen atoms in total. The third kappa shape index (κ3) is 3.55. The highest BCUT2D eigenvalue weighted by Crippen LogP contribution is 2.26. The molecule has 120 valence electrons. The molecule has 3 aromatic rings. The van der Waals surface area contributed by atoms with Gasteiger partial charge in [0, 0.05) is 11.9 Å². The van der Waals surface area contributed by atoms with Crippen LogP contribution < -0.4 is 10.5 Å². The summed E-state index contributed by atoms with van der Waals surface area (Å²) in [6.45, 7) is 0. The van der Waals surface area contributed by atoms with Gasteiger partial charge in [0.05, 0.1) is 12.8 Å². The molecule has 0 atom stereocenters. The molecule has 0 unspecified atom stereocenters. The maximum absolute atomic E-state index is 9.60. The van der Waals surface area contributed by atoms with Crippen molar-refractivity contribution in [2.45, 2.75) is 0 Å². The van der Waals surface area contributed by atoms with Crippen molar-refractivity contribution in [1.29, 1.82) is 0 Å². The molecule has 24 heavy (non-hydrogen) atoms. The number of nitrogen functional groups attached to an aromatic ring is 1. The fourth-order valence-corrected chi connectivity index (χ4v) is 2.34. The van der Waals surface area contributed by atoms with Crippen LogP contribution in [0.15, 0.2) is 71.7 Å². The Morgan fingerprint density at radius 1 is 0.917 bits per heavy atom. The lowest BCUT2D eigenvalue weighted by atomic mass is 10.1. The van der Waals surface area contributed by atoms with E-state index in [4.69, 9.17) is 10.5 Å². The van der Waals surface area contributed by atoms with Gasteiger partial charge in [0.2, 0.25) is 0 Å². The van der Waals surface area contributed by atoms with Gasteiger partial charge in [0.1, 0.15) is 0 Å². The highest BCUT2D eigenvalue weighted by Gasteiger charge is 2.01. The minimum absolute atomic E-state index is 0.113. The van der Waals surface area contributed by atoms with E-state index in [1.54, 1.807) is 24.4 Å². The van der Waals surface area contributed by atoms with Crippen LogP contribution in [0.5, 0.6) is 11.5 Å². The molecule has 0 aliphatic rings. The average molecular weight is 318 g/mol. The van der Waals surface area contributed by atoms with E-state index in [2.05, 4.69) is 4.99 Å². The molecule has 0 spiro atoms. The Morgan fingerprint density at radius 2 is 1.54 bits per heavy atom. The number of nitrogens with zero attached hydrogens (tertiary/aromatic N) is 1. The topological polar surface area (TPSA) is 67.8 Å². The van der Waals surface area contributed by atoms with E-state index in [1.165, 1.54) is 7.11 Å². The number of methoxy groups -OCH3 is 1. The van der Waals surface area contributed by atoms with Crippen LogP contribution in [0.4, 0.5) is 11.4 Å². The van der Waals surface area contributed by atoms with Crippen molar-refractivity contribution in [1.82, 2.24) is 0 Å². The van der Waals surface area contributed by atoms with Crippen molar-refractivity contribution in [2.24, 2.45) is 4.99 Å². The van der Waals surface area contributed by atoms with E-state index in [1.807, 2.05) is 48.5 Å². The van der Waals surface area contributed by atoms with Crippen molar-refractivity contribution in [3.05, 3.63) is 72.3 Å². The third-order valence-corrected chi connectivity index (χ3v) is 3.68. The minimum atomic E-state index is 0.113. The molecule has 3 aromatic carbocycles. The van der Waals surface area contributed by atoms with Crippen LogP contribution in [-0.4, -0.2) is 18.4 Å². The second kappa shape index (κ2) is 6.87. The van der Waals surface area contributed by atoms with E-state index in [0.29, 0.717) is 5.75 Å². The maximum atomic E-state index is 9.60. The van der Waals surface area contributed by atoms with Crippen LogP contribution in [0.25, 0.3) is 11.1 Å². The van der Waals surface area contributed by atoms with Crippen LogP contribution >= 0.6 is 0 Å². The zero-order chi connectivity index (χ0) is 16.9. The van der Waals surface area contributed by atoms with E-state index < -0.39 is 0 Å². The zero-order valence-electron chi connectivity index (χ0n) is 13.3. The highest BCUT2D eigenvalue weighted by atomic mass is 16.5. The normalized spacial score (nSPS) is 10.9. The monoisotopic (exact) mass is 318 g/mol. The summed E-state index contributed by atoms with van der Waals surface area (Å²) in [7, 11) is 1.52. The molecule has 0 aromatic heterocycles. The first-order valence-corrected chi connectivity index (χ1v) is 7.53. The number of hydrogen-bond donors (Lipinski definition) is 2. The van der Waals surface area contributed by atoms with Gasteiger partial charge < -0.3 is 15.6 Å². The van der Waals surface area contributed by atoms with Crippen LogP contribution in [0.1, 0.15) is 5.56 Å². The average Bonchev–Trinajstić information content (AvgIpc) is 2.62. The molecule has 0 radical (unpaired) electrons. The quantitative estimate of drug-likeness (QED) is 0.553. The second-order valence-corrected chi connectivity index (χ2v) is 5.36. The van der Waals surface area contributed by atoms with Gasteiger partial charge in [0.25, 0.3) is 0 Å². The van der Waals surface area contributed by atoms with Gasteiger partial charge in [-0.1, -0.05) is 24.3 Å². The SMILES string of the molecule is COc1cc(C=Nc2ccc(-c3ccc(N)cc3)cc2)ccc1O. The Hall–Kier alpha value is -3.27. The summed E-state index contributed by atoms with van der Waals surface area (Å²) in [5.41, 5.74) is 10.4. The first-order chi connectivity index (χ1) is 11.7. The number of rotatable bonds is 4. The highest BCUT2D eigenvalue weighted by molar-refractivity contribution is 5.83. The van der Waals surface area contributed by atoms with Crippen molar-refractivity contribution in [2.75, 3.05) is 12.8 Å². The molecule has 0 amide bonds. The third-order valence-electron chi connectivity index (χ3n) is 3.68. The molecule has 0 heterocycles. The first-order valence-electron chi connectivity index (χ1n) is 7.53. The lowest BCUT2D eigenvalue weighted by molar-refractivity contribution is 0.373. The number of aromatic hydroxyl groups is 1. The van der Waals surface area contributed by atoms with Crippen molar-refractivity contribution in [3.8, 4) is 22.6 Å². The molecular weight excluding hydrogens is 300 g/mol. The molecule has 0 fully saturated rings. The molecule has 4 heteroatoms. The molecule has 0 saturated heterocycles. The predicted octanol–water partition coefficient (Wildman–Crippen LogP) is 4.40. The molecule has 0 bridgehead atoms. The fourth-order valence-electron chi connectivity index (χ4n) is 2.34. The standard InChI is InChI=1S/C20H18N2O2/c1-24-20-12-14(2-11-19(20)23)13-22-18-9-5-16(6-10-18)15-3-7-17(21)8-4-15/h2-13,23H,21H2,1H3. The summed E-state index contributed by atoms with van der Waals surface area (Å²) >= 11 is 0. The zero-order valence-corrected chi connectivity index (χ0v) is 13.3. The Kier molecular flexibility index (Phi) is 4.47. The van der Waals surface area contributed by atoms with E-state index in [-0.39, 0.29) is 5.75 Å². The fraction of sp³-hybridized carbons (Fsp3) is 0.0500. The minimum Gasteiger partial charge on any atom is -0.504 e. The second-order valence-electron chi connectivity index (χ2n) is 5.36. The van der Waals surface area contributed by atoms with Crippen LogP contribution in [0, 0.1) is 0 Å². The molecular formula is C20H18N2O2. The number of phenolic OH excluding ortho intramolecular Hbond substituents is 1. The van der Waals surface area contributed by atoms with E-state index >= 15 is 0 Å². The summed E-state index contributed by atoms with van der Waals surface area (Å²) in [6.07, 6.45) is 1.74. The smallest absolute Gasteiger partial charge is 0.161 e. The Morgan fingerprint density at radius 3 is 2.17 bits per heavy atom. The molecule has 0 saturated carbocycles.